The van der Waals surface area contributed by atoms with Crippen LogP contribution in [0.15, 0.2) is 6.07 Å². The SMILES string of the molecule is COc1cc(CI)nc(OC)n1. The van der Waals surface area contributed by atoms with Gasteiger partial charge in [0.1, 0.15) is 0 Å². The van der Waals surface area contributed by atoms with Gasteiger partial charge in [-0.1, -0.05) is 22.6 Å². The van der Waals surface area contributed by atoms with E-state index in [0.717, 1.165) is 10.1 Å². The fourth-order valence-corrected chi connectivity index (χ4v) is 1.10. The van der Waals surface area contributed by atoms with Gasteiger partial charge in [0, 0.05) is 10.5 Å². The van der Waals surface area contributed by atoms with E-state index in [1.54, 1.807) is 13.2 Å². The average molecular weight is 280 g/mol. The van der Waals surface area contributed by atoms with Crippen LogP contribution in [-0.2, 0) is 4.43 Å². The van der Waals surface area contributed by atoms with Gasteiger partial charge in [-0.3, -0.25) is 0 Å². The number of rotatable bonds is 3. The number of aromatic nitrogens is 2. The molecule has 0 saturated carbocycles. The lowest BCUT2D eigenvalue weighted by Gasteiger charge is -2.03. The first-order chi connectivity index (χ1) is 5.80. The molecule has 1 rings (SSSR count). The maximum atomic E-state index is 4.96. The van der Waals surface area contributed by atoms with Gasteiger partial charge in [-0.05, 0) is 0 Å². The van der Waals surface area contributed by atoms with Gasteiger partial charge in [0.05, 0.1) is 19.9 Å². The minimum absolute atomic E-state index is 0.348. The number of hydrogen-bond donors (Lipinski definition) is 0. The molecule has 4 nitrogen and oxygen atoms in total. The van der Waals surface area contributed by atoms with E-state index < -0.39 is 0 Å². The highest BCUT2D eigenvalue weighted by atomic mass is 127. The summed E-state index contributed by atoms with van der Waals surface area (Å²) in [5, 5.41) is 0. The van der Waals surface area contributed by atoms with Crippen LogP contribution in [0, 0.1) is 0 Å². The highest BCUT2D eigenvalue weighted by molar-refractivity contribution is 14.1. The normalized spacial score (nSPS) is 9.58. The van der Waals surface area contributed by atoms with Crippen molar-refractivity contribution >= 4 is 22.6 Å². The Morgan fingerprint density at radius 2 is 2.08 bits per heavy atom. The summed E-state index contributed by atoms with van der Waals surface area (Å²) in [6, 6.07) is 2.13. The molecule has 0 N–H and O–H groups in total. The zero-order valence-corrected chi connectivity index (χ0v) is 9.03. The maximum Gasteiger partial charge on any atom is 0.319 e. The van der Waals surface area contributed by atoms with E-state index in [2.05, 4.69) is 32.6 Å². The summed E-state index contributed by atoms with van der Waals surface area (Å²) < 4.78 is 10.7. The molecule has 1 aromatic rings. The molecule has 66 valence electrons. The number of halogens is 1. The molecule has 0 amide bonds. The van der Waals surface area contributed by atoms with Crippen molar-refractivity contribution in [3.63, 3.8) is 0 Å². The molecule has 1 aromatic heterocycles. The largest absolute Gasteiger partial charge is 0.481 e. The first-order valence-corrected chi connectivity index (χ1v) is 4.84. The molecular formula is C7H9IN2O2. The van der Waals surface area contributed by atoms with Crippen LogP contribution >= 0.6 is 22.6 Å². The number of methoxy groups -OCH3 is 2. The second kappa shape index (κ2) is 4.44. The first-order valence-electron chi connectivity index (χ1n) is 3.32. The van der Waals surface area contributed by atoms with Crippen LogP contribution in [0.1, 0.15) is 5.69 Å². The molecule has 0 aliphatic heterocycles. The number of alkyl halides is 1. The molecule has 0 saturated heterocycles. The zero-order chi connectivity index (χ0) is 8.97. The van der Waals surface area contributed by atoms with Gasteiger partial charge in [0.2, 0.25) is 5.88 Å². The molecule has 0 bridgehead atoms. The fourth-order valence-electron chi connectivity index (χ4n) is 0.714. The Balaban J connectivity index is 3.01. The minimum Gasteiger partial charge on any atom is -0.481 e. The van der Waals surface area contributed by atoms with Gasteiger partial charge in [0.25, 0.3) is 0 Å². The number of ether oxygens (including phenoxy) is 2. The van der Waals surface area contributed by atoms with Crippen molar-refractivity contribution < 1.29 is 9.47 Å². The van der Waals surface area contributed by atoms with Gasteiger partial charge >= 0.3 is 6.01 Å². The molecule has 0 aliphatic carbocycles. The van der Waals surface area contributed by atoms with Crippen molar-refractivity contribution in [2.45, 2.75) is 4.43 Å². The Morgan fingerprint density at radius 1 is 1.33 bits per heavy atom. The van der Waals surface area contributed by atoms with E-state index in [9.17, 15) is 0 Å². The second-order valence-corrected chi connectivity index (χ2v) is 2.78. The summed E-state index contributed by atoms with van der Waals surface area (Å²) in [4.78, 5) is 8.06. The monoisotopic (exact) mass is 280 g/mol. The van der Waals surface area contributed by atoms with E-state index in [0.29, 0.717) is 11.9 Å². The van der Waals surface area contributed by atoms with Crippen LogP contribution < -0.4 is 9.47 Å². The van der Waals surface area contributed by atoms with Crippen LogP contribution in [0.25, 0.3) is 0 Å². The lowest BCUT2D eigenvalue weighted by molar-refractivity contribution is 0.350. The Labute approximate surface area is 84.5 Å². The van der Waals surface area contributed by atoms with Crippen molar-refractivity contribution in [1.29, 1.82) is 0 Å². The summed E-state index contributed by atoms with van der Waals surface area (Å²) in [7, 11) is 3.10. The highest BCUT2D eigenvalue weighted by Gasteiger charge is 2.02. The maximum absolute atomic E-state index is 4.96. The Hall–Kier alpha value is -0.590. The van der Waals surface area contributed by atoms with Crippen LogP contribution in [0.3, 0.4) is 0 Å². The molecule has 0 radical (unpaired) electrons. The van der Waals surface area contributed by atoms with Crippen molar-refractivity contribution in [2.24, 2.45) is 0 Å². The highest BCUT2D eigenvalue weighted by Crippen LogP contribution is 2.14. The Bertz CT molecular complexity index is 212. The molecule has 0 unspecified atom stereocenters. The summed E-state index contributed by atoms with van der Waals surface area (Å²) in [6.45, 7) is 0. The van der Waals surface area contributed by atoms with E-state index in [1.807, 2.05) is 0 Å². The van der Waals surface area contributed by atoms with Crippen molar-refractivity contribution in [3.05, 3.63) is 11.8 Å². The molecule has 5 heteroatoms. The first kappa shape index (κ1) is 9.50. The predicted octanol–water partition coefficient (Wildman–Crippen LogP) is 1.43. The van der Waals surface area contributed by atoms with Gasteiger partial charge < -0.3 is 9.47 Å². The van der Waals surface area contributed by atoms with Crippen LogP contribution in [0.2, 0.25) is 0 Å². The molecule has 0 aromatic carbocycles. The molecule has 1 heterocycles. The molecule has 12 heavy (non-hydrogen) atoms. The summed E-state index contributed by atoms with van der Waals surface area (Å²) in [6.07, 6.45) is 0. The standard InChI is InChI=1S/C7H9IN2O2/c1-11-6-3-5(4-8)9-7(10-6)12-2/h3H,4H2,1-2H3. The number of hydrogen-bond acceptors (Lipinski definition) is 4. The van der Waals surface area contributed by atoms with Gasteiger partial charge in [-0.15, -0.1) is 0 Å². The fraction of sp³-hybridized carbons (Fsp3) is 0.429. The summed E-state index contributed by atoms with van der Waals surface area (Å²) in [5.74, 6) is 0.536. The van der Waals surface area contributed by atoms with Crippen LogP contribution in [0.4, 0.5) is 0 Å². The molecule has 0 aliphatic rings. The summed E-state index contributed by atoms with van der Waals surface area (Å²) in [5.41, 5.74) is 0.902. The van der Waals surface area contributed by atoms with Crippen molar-refractivity contribution in [2.75, 3.05) is 14.2 Å². The second-order valence-electron chi connectivity index (χ2n) is 2.02. The summed E-state index contributed by atoms with van der Waals surface area (Å²) >= 11 is 2.22. The molecule has 0 spiro atoms. The van der Waals surface area contributed by atoms with E-state index in [1.165, 1.54) is 7.11 Å². The topological polar surface area (TPSA) is 44.2 Å². The average Bonchev–Trinajstić information content (AvgIpc) is 2.16. The molecule has 0 atom stereocenters. The van der Waals surface area contributed by atoms with Crippen LogP contribution in [-0.4, -0.2) is 24.2 Å². The van der Waals surface area contributed by atoms with Crippen molar-refractivity contribution in [3.8, 4) is 11.9 Å². The molecular weight excluding hydrogens is 271 g/mol. The van der Waals surface area contributed by atoms with Gasteiger partial charge in [0.15, 0.2) is 0 Å². The Kier molecular flexibility index (Phi) is 3.51. The third-order valence-electron chi connectivity index (χ3n) is 1.26. The quantitative estimate of drug-likeness (QED) is 0.620. The van der Waals surface area contributed by atoms with Crippen molar-refractivity contribution in [1.82, 2.24) is 9.97 Å². The van der Waals surface area contributed by atoms with Gasteiger partial charge in [-0.25, -0.2) is 0 Å². The number of nitrogens with zero attached hydrogens (tertiary/aromatic N) is 2. The predicted molar refractivity (Wildman–Crippen MR) is 52.9 cm³/mol. The third kappa shape index (κ3) is 2.20. The van der Waals surface area contributed by atoms with Crippen LogP contribution in [0.5, 0.6) is 11.9 Å². The van der Waals surface area contributed by atoms with E-state index >= 15 is 0 Å². The van der Waals surface area contributed by atoms with Gasteiger partial charge in [-0.2, -0.15) is 9.97 Å². The van der Waals surface area contributed by atoms with E-state index in [4.69, 9.17) is 9.47 Å². The lowest BCUT2D eigenvalue weighted by Crippen LogP contribution is -1.97. The Morgan fingerprint density at radius 3 is 2.58 bits per heavy atom. The molecule has 0 fully saturated rings. The third-order valence-corrected chi connectivity index (χ3v) is 2.05. The zero-order valence-electron chi connectivity index (χ0n) is 6.87. The smallest absolute Gasteiger partial charge is 0.319 e. The minimum atomic E-state index is 0.348. The van der Waals surface area contributed by atoms with E-state index in [-0.39, 0.29) is 0 Å². The lowest BCUT2D eigenvalue weighted by atomic mass is 10.4.